The van der Waals surface area contributed by atoms with E-state index in [2.05, 4.69) is 44.2 Å². The van der Waals surface area contributed by atoms with Crippen molar-refractivity contribution >= 4 is 11.9 Å². The number of carbonyl (C=O) groups is 2. The Labute approximate surface area is 398 Å². The van der Waals surface area contributed by atoms with E-state index in [1.807, 2.05) is 79.0 Å². The summed E-state index contributed by atoms with van der Waals surface area (Å²) in [5, 5.41) is 72.0. The summed E-state index contributed by atoms with van der Waals surface area (Å²) >= 11 is 0. The molecule has 0 radical (unpaired) electrons. The minimum Gasteiger partial charge on any atom is -0.462 e. The first kappa shape index (κ1) is 59.3. The summed E-state index contributed by atoms with van der Waals surface area (Å²) < 4.78 is 33.4. The van der Waals surface area contributed by atoms with Gasteiger partial charge in [0.05, 0.1) is 19.8 Å². The Bertz CT molecular complexity index is 1580. The Balaban J connectivity index is 1.86. The summed E-state index contributed by atoms with van der Waals surface area (Å²) in [7, 11) is 0. The lowest BCUT2D eigenvalue weighted by atomic mass is 9.98. The lowest BCUT2D eigenvalue weighted by molar-refractivity contribution is -0.332. The highest BCUT2D eigenvalue weighted by molar-refractivity contribution is 5.70. The Morgan fingerprint density at radius 1 is 0.493 bits per heavy atom. The number of hydrogen-bond donors (Lipinski definition) is 7. The van der Waals surface area contributed by atoms with Crippen LogP contribution in [0.15, 0.2) is 109 Å². The first-order valence-corrected chi connectivity index (χ1v) is 24.1. The van der Waals surface area contributed by atoms with Gasteiger partial charge in [-0.25, -0.2) is 0 Å². The van der Waals surface area contributed by atoms with Gasteiger partial charge in [0, 0.05) is 12.8 Å². The third-order valence-electron chi connectivity index (χ3n) is 10.7. The minimum atomic E-state index is -1.78. The molecule has 0 amide bonds. The number of ether oxygens (including phenoxy) is 6. The van der Waals surface area contributed by atoms with Crippen LogP contribution in [0.1, 0.15) is 110 Å². The molecule has 67 heavy (non-hydrogen) atoms. The molecule has 15 heteroatoms. The third kappa shape index (κ3) is 26.5. The summed E-state index contributed by atoms with van der Waals surface area (Å²) in [6, 6.07) is 0. The maximum atomic E-state index is 12.9. The first-order valence-electron chi connectivity index (χ1n) is 24.1. The molecular weight excluding hydrogens is 865 g/mol. The number of rotatable bonds is 34. The number of aliphatic hydroxyl groups excluding tert-OH is 7. The molecule has 15 nitrogen and oxygen atoms in total. The second-order valence-electron chi connectivity index (χ2n) is 16.4. The van der Waals surface area contributed by atoms with Crippen molar-refractivity contribution in [3.05, 3.63) is 109 Å². The van der Waals surface area contributed by atoms with Crippen molar-refractivity contribution < 1.29 is 73.8 Å². The monoisotopic (exact) mass is 945 g/mol. The van der Waals surface area contributed by atoms with E-state index in [0.717, 1.165) is 70.6 Å². The topological polar surface area (TPSA) is 231 Å². The SMILES string of the molecule is CC/C=C/C=C/C=C/C=C/CCCCCC(=O)OC(COC(=O)CCCCCCC/C=C/C=C/C=C/C=C/C=C/CCC)CO[C@@H]1O[C@H](CO[C@@H]2O[C@H](CO)[C@H](O)C(O)C2O)[C@H](O)C(O)C1O. The van der Waals surface area contributed by atoms with Gasteiger partial charge in [-0.1, -0.05) is 155 Å². The summed E-state index contributed by atoms with van der Waals surface area (Å²) in [4.78, 5) is 25.7. The van der Waals surface area contributed by atoms with Crippen LogP contribution < -0.4 is 0 Å². The van der Waals surface area contributed by atoms with Crippen LogP contribution in [0.5, 0.6) is 0 Å². The fourth-order valence-corrected chi connectivity index (χ4v) is 6.73. The molecule has 0 aliphatic carbocycles. The zero-order chi connectivity index (χ0) is 48.9. The molecule has 5 unspecified atom stereocenters. The molecule has 0 aromatic rings. The molecule has 0 aromatic carbocycles. The molecule has 2 rings (SSSR count). The highest BCUT2D eigenvalue weighted by atomic mass is 16.7. The summed E-state index contributed by atoms with van der Waals surface area (Å²) in [5.74, 6) is -1.02. The van der Waals surface area contributed by atoms with E-state index >= 15 is 0 Å². The van der Waals surface area contributed by atoms with E-state index in [4.69, 9.17) is 28.4 Å². The largest absolute Gasteiger partial charge is 0.462 e. The third-order valence-corrected chi connectivity index (χ3v) is 10.7. The molecule has 0 bridgehead atoms. The zero-order valence-corrected chi connectivity index (χ0v) is 39.6. The Hall–Kier alpha value is -3.84. The van der Waals surface area contributed by atoms with Gasteiger partial charge in [0.15, 0.2) is 18.7 Å². The van der Waals surface area contributed by atoms with Gasteiger partial charge >= 0.3 is 11.9 Å². The van der Waals surface area contributed by atoms with Gasteiger partial charge in [-0.2, -0.15) is 0 Å². The molecule has 0 saturated carbocycles. The minimum absolute atomic E-state index is 0.105. The fourth-order valence-electron chi connectivity index (χ4n) is 6.73. The second-order valence-corrected chi connectivity index (χ2v) is 16.4. The maximum absolute atomic E-state index is 12.9. The number of carbonyl (C=O) groups excluding carboxylic acids is 2. The van der Waals surface area contributed by atoms with Crippen molar-refractivity contribution in [2.24, 2.45) is 0 Å². The molecule has 0 spiro atoms. The Kier molecular flexibility index (Phi) is 33.7. The van der Waals surface area contributed by atoms with Crippen LogP contribution in [0.2, 0.25) is 0 Å². The molecule has 2 heterocycles. The van der Waals surface area contributed by atoms with E-state index in [1.54, 1.807) is 0 Å². The lowest BCUT2D eigenvalue weighted by Crippen LogP contribution is -2.61. The molecule has 0 aromatic heterocycles. The van der Waals surface area contributed by atoms with Crippen LogP contribution in [-0.2, 0) is 38.0 Å². The molecule has 2 aliphatic heterocycles. The first-order chi connectivity index (χ1) is 32.5. The van der Waals surface area contributed by atoms with Gasteiger partial charge in [-0.05, 0) is 51.4 Å². The van der Waals surface area contributed by atoms with Crippen molar-refractivity contribution in [1.29, 1.82) is 0 Å². The van der Waals surface area contributed by atoms with Gasteiger partial charge in [0.25, 0.3) is 0 Å². The number of aliphatic hydroxyl groups is 7. The van der Waals surface area contributed by atoms with E-state index in [-0.39, 0.29) is 19.4 Å². The van der Waals surface area contributed by atoms with Crippen molar-refractivity contribution in [3.63, 3.8) is 0 Å². The summed E-state index contributed by atoms with van der Waals surface area (Å²) in [6.45, 7) is 2.24. The normalized spacial score (nSPS) is 26.9. The zero-order valence-electron chi connectivity index (χ0n) is 39.6. The second kappa shape index (κ2) is 38.1. The van der Waals surface area contributed by atoms with E-state index in [0.29, 0.717) is 12.8 Å². The van der Waals surface area contributed by atoms with Crippen LogP contribution in [0.25, 0.3) is 0 Å². The van der Waals surface area contributed by atoms with Crippen LogP contribution in [-0.4, -0.2) is 142 Å². The molecule has 11 atom stereocenters. The van der Waals surface area contributed by atoms with Crippen LogP contribution in [0, 0.1) is 0 Å². The van der Waals surface area contributed by atoms with Crippen molar-refractivity contribution in [3.8, 4) is 0 Å². The quantitative estimate of drug-likeness (QED) is 0.0224. The number of hydrogen-bond acceptors (Lipinski definition) is 15. The van der Waals surface area contributed by atoms with Crippen LogP contribution in [0.4, 0.5) is 0 Å². The molecular formula is C52H80O15. The highest BCUT2D eigenvalue weighted by Gasteiger charge is 2.47. The Morgan fingerprint density at radius 3 is 1.49 bits per heavy atom. The van der Waals surface area contributed by atoms with Crippen molar-refractivity contribution in [2.75, 3.05) is 26.4 Å². The Morgan fingerprint density at radius 2 is 0.940 bits per heavy atom. The number of allylic oxidation sites excluding steroid dienone is 18. The summed E-state index contributed by atoms with van der Waals surface area (Å²) in [6.07, 6.45) is 31.2. The van der Waals surface area contributed by atoms with E-state index in [1.165, 1.54) is 0 Å². The predicted octanol–water partition coefficient (Wildman–Crippen LogP) is 5.98. The van der Waals surface area contributed by atoms with Gasteiger partial charge < -0.3 is 64.2 Å². The van der Waals surface area contributed by atoms with Crippen molar-refractivity contribution in [2.45, 2.75) is 178 Å². The molecule has 378 valence electrons. The maximum Gasteiger partial charge on any atom is 0.306 e. The molecule has 2 saturated heterocycles. The van der Waals surface area contributed by atoms with Crippen LogP contribution >= 0.6 is 0 Å². The fraction of sp³-hybridized carbons (Fsp3) is 0.615. The van der Waals surface area contributed by atoms with Crippen molar-refractivity contribution in [1.82, 2.24) is 0 Å². The number of esters is 2. The average Bonchev–Trinajstić information content (AvgIpc) is 3.32. The van der Waals surface area contributed by atoms with Gasteiger partial charge in [-0.3, -0.25) is 9.59 Å². The average molecular weight is 945 g/mol. The molecule has 2 aliphatic rings. The van der Waals surface area contributed by atoms with Crippen LogP contribution in [0.3, 0.4) is 0 Å². The van der Waals surface area contributed by atoms with Gasteiger partial charge in [0.2, 0.25) is 0 Å². The van der Waals surface area contributed by atoms with E-state index in [9.17, 15) is 45.3 Å². The standard InChI is InChI=1S/C52H80O15/c1-3-5-7-9-11-13-15-17-18-19-20-21-23-24-26-28-30-32-34-43(54)62-37-40(65-44(55)35-33-31-29-27-25-22-16-14-12-10-8-6-4-2)38-63-51-50(61)48(59)46(57)42(67-51)39-64-52-49(60)47(58)45(56)41(36-53)66-52/h6-22,25,40-42,45-53,56-61H,3-5,23-24,26-39H2,1-2H3/b8-6+,9-7+,12-10+,13-11+,16-14+,17-15+,19-18+,21-20+,25-22+/t40?,41-,42-,45+,46+,47?,48?,49?,50?,51-,52-/m1/s1. The number of unbranched alkanes of at least 4 members (excludes halogenated alkanes) is 9. The molecule has 7 N–H and O–H groups in total. The summed E-state index contributed by atoms with van der Waals surface area (Å²) in [5.41, 5.74) is 0. The van der Waals surface area contributed by atoms with Gasteiger partial charge in [0.1, 0.15) is 55.4 Å². The lowest BCUT2D eigenvalue weighted by Gasteiger charge is -2.42. The van der Waals surface area contributed by atoms with E-state index < -0.39 is 99.3 Å². The predicted molar refractivity (Wildman–Crippen MR) is 256 cm³/mol. The highest BCUT2D eigenvalue weighted by Crippen LogP contribution is 2.26. The molecule has 2 fully saturated rings. The smallest absolute Gasteiger partial charge is 0.306 e. The van der Waals surface area contributed by atoms with Gasteiger partial charge in [-0.15, -0.1) is 0 Å².